The summed E-state index contributed by atoms with van der Waals surface area (Å²) in [4.78, 5) is 26.9. The highest BCUT2D eigenvalue weighted by molar-refractivity contribution is 7.85. The lowest BCUT2D eigenvalue weighted by atomic mass is 9.70. The van der Waals surface area contributed by atoms with Crippen molar-refractivity contribution in [3.63, 3.8) is 0 Å². The van der Waals surface area contributed by atoms with E-state index >= 15 is 0 Å². The Morgan fingerprint density at radius 2 is 1.80 bits per heavy atom. The molecule has 2 aromatic carbocycles. The molecule has 0 saturated heterocycles. The first-order valence-corrected chi connectivity index (χ1v) is 16.5. The highest BCUT2D eigenvalue weighted by atomic mass is 32.2. The average Bonchev–Trinajstić information content (AvgIpc) is 3.69. The lowest BCUT2D eigenvalue weighted by Gasteiger charge is -2.38. The van der Waals surface area contributed by atoms with Gasteiger partial charge in [0, 0.05) is 24.1 Å². The molecule has 0 radical (unpaired) electrons. The van der Waals surface area contributed by atoms with Gasteiger partial charge in [0.2, 0.25) is 12.5 Å². The van der Waals surface area contributed by atoms with E-state index < -0.39 is 33.4 Å². The van der Waals surface area contributed by atoms with Crippen LogP contribution in [0.3, 0.4) is 0 Å². The van der Waals surface area contributed by atoms with Crippen LogP contribution < -0.4 is 23.7 Å². The van der Waals surface area contributed by atoms with E-state index in [2.05, 4.69) is 4.90 Å². The van der Waals surface area contributed by atoms with Crippen LogP contribution in [0.15, 0.2) is 18.2 Å². The summed E-state index contributed by atoms with van der Waals surface area (Å²) >= 11 is 0. The number of hydrogen-bond donors (Lipinski definition) is 1. The van der Waals surface area contributed by atoms with E-state index in [1.165, 1.54) is 7.11 Å². The fourth-order valence-electron chi connectivity index (χ4n) is 8.13. The van der Waals surface area contributed by atoms with Crippen LogP contribution in [0.5, 0.6) is 28.7 Å². The molecule has 45 heavy (non-hydrogen) atoms. The lowest BCUT2D eigenvalue weighted by molar-refractivity contribution is -0.128. The maximum atomic E-state index is 12.9. The molecule has 1 N–H and O–H groups in total. The van der Waals surface area contributed by atoms with Crippen molar-refractivity contribution in [1.29, 1.82) is 0 Å². The van der Waals surface area contributed by atoms with E-state index in [0.717, 1.165) is 36.1 Å². The molecule has 5 aliphatic rings. The number of ketones is 1. The number of methoxy groups -OCH3 is 3. The molecular weight excluding hydrogens is 606 g/mol. The Morgan fingerprint density at radius 3 is 2.40 bits per heavy atom. The Morgan fingerprint density at radius 1 is 1.07 bits per heavy atom. The van der Waals surface area contributed by atoms with Crippen LogP contribution in [0.4, 0.5) is 0 Å². The van der Waals surface area contributed by atoms with Gasteiger partial charge in [0.15, 0.2) is 23.0 Å². The molecule has 4 atom stereocenters. The van der Waals surface area contributed by atoms with Crippen molar-refractivity contribution in [1.82, 2.24) is 4.90 Å². The number of carbonyl (C=O) groups is 2. The average molecular weight is 646 g/mol. The van der Waals surface area contributed by atoms with E-state index in [1.807, 2.05) is 33.0 Å². The van der Waals surface area contributed by atoms with E-state index in [-0.39, 0.29) is 30.0 Å². The summed E-state index contributed by atoms with van der Waals surface area (Å²) in [6.45, 7) is 4.85. The van der Waals surface area contributed by atoms with Crippen LogP contribution in [-0.4, -0.2) is 77.1 Å². The van der Waals surface area contributed by atoms with Gasteiger partial charge in [0.05, 0.1) is 38.5 Å². The summed E-state index contributed by atoms with van der Waals surface area (Å²) in [5, 5.41) is 0. The first-order valence-electron chi connectivity index (χ1n) is 14.9. The lowest BCUT2D eigenvalue weighted by Crippen LogP contribution is -2.42. The second kappa shape index (κ2) is 11.1. The first-order chi connectivity index (χ1) is 21.3. The minimum atomic E-state index is -4.08. The third-order valence-electron chi connectivity index (χ3n) is 10.6. The summed E-state index contributed by atoms with van der Waals surface area (Å²) in [6, 6.07) is 5.43. The van der Waals surface area contributed by atoms with Gasteiger partial charge in [-0.25, -0.2) is 4.79 Å². The first kappa shape index (κ1) is 31.4. The molecule has 3 aliphatic heterocycles. The molecule has 0 spiro atoms. The number of ether oxygens (including phenoxy) is 6. The van der Waals surface area contributed by atoms with E-state index in [4.69, 9.17) is 33.0 Å². The fraction of sp³-hybridized carbons (Fsp3) is 0.562. The summed E-state index contributed by atoms with van der Waals surface area (Å²) in [5.41, 5.74) is 2.11. The molecule has 3 heterocycles. The minimum Gasteiger partial charge on any atom is -0.493 e. The van der Waals surface area contributed by atoms with Crippen LogP contribution in [0.25, 0.3) is 0 Å². The number of nitrogens with zero attached hydrogens (tertiary/aromatic N) is 1. The smallest absolute Gasteiger partial charge is 0.343 e. The predicted molar refractivity (Wildman–Crippen MR) is 161 cm³/mol. The summed E-state index contributed by atoms with van der Waals surface area (Å²) in [7, 11) is 2.62. The fourth-order valence-corrected chi connectivity index (χ4v) is 9.43. The number of esters is 1. The molecule has 2 bridgehead atoms. The summed E-state index contributed by atoms with van der Waals surface area (Å²) in [5.74, 6) is 2.26. The van der Waals surface area contributed by atoms with Crippen LogP contribution >= 0.6 is 0 Å². The monoisotopic (exact) mass is 645 g/mol. The number of hydrogen-bond acceptors (Lipinski definition) is 11. The van der Waals surface area contributed by atoms with Gasteiger partial charge in [0.1, 0.15) is 17.5 Å². The molecule has 13 heteroatoms. The van der Waals surface area contributed by atoms with Gasteiger partial charge in [-0.3, -0.25) is 14.2 Å². The van der Waals surface area contributed by atoms with Crippen molar-refractivity contribution >= 4 is 21.9 Å². The molecule has 244 valence electrons. The number of carbonyl (C=O) groups excluding carboxylic acids is 2. The Balaban J connectivity index is 0.000000200. The van der Waals surface area contributed by atoms with Gasteiger partial charge in [-0.15, -0.1) is 0 Å². The second-order valence-corrected chi connectivity index (χ2v) is 14.3. The molecule has 0 unspecified atom stereocenters. The molecule has 2 aromatic rings. The van der Waals surface area contributed by atoms with Gasteiger partial charge < -0.3 is 28.4 Å². The maximum Gasteiger partial charge on any atom is 0.343 e. The van der Waals surface area contributed by atoms with Crippen LogP contribution in [0.2, 0.25) is 0 Å². The zero-order chi connectivity index (χ0) is 32.5. The van der Waals surface area contributed by atoms with Crippen molar-refractivity contribution < 1.29 is 51.0 Å². The number of fused-ring (bicyclic) bond motifs is 5. The van der Waals surface area contributed by atoms with Gasteiger partial charge in [0.25, 0.3) is 10.1 Å². The predicted octanol–water partition coefficient (Wildman–Crippen LogP) is 4.15. The normalized spacial score (nSPS) is 27.3. The molecule has 0 amide bonds. The van der Waals surface area contributed by atoms with E-state index in [0.29, 0.717) is 47.2 Å². The number of Topliss-reactive ketones (excluding diaryl/α,β-unsaturated/α-hetero) is 1. The number of rotatable bonds is 6. The third kappa shape index (κ3) is 4.81. The third-order valence-corrected chi connectivity index (χ3v) is 11.5. The number of benzene rings is 2. The van der Waals surface area contributed by atoms with Crippen LogP contribution in [0, 0.1) is 16.7 Å². The summed E-state index contributed by atoms with van der Waals surface area (Å²) in [6.07, 6.45) is 2.28. The van der Waals surface area contributed by atoms with Crippen LogP contribution in [0.1, 0.15) is 72.3 Å². The van der Waals surface area contributed by atoms with Gasteiger partial charge >= 0.3 is 5.97 Å². The van der Waals surface area contributed by atoms with Crippen molar-refractivity contribution in [3.8, 4) is 28.7 Å². The van der Waals surface area contributed by atoms with Gasteiger partial charge in [-0.05, 0) is 55.3 Å². The zero-order valence-electron chi connectivity index (χ0n) is 26.3. The van der Waals surface area contributed by atoms with Crippen molar-refractivity contribution in [3.05, 3.63) is 40.5 Å². The Labute approximate surface area is 262 Å². The van der Waals surface area contributed by atoms with Crippen molar-refractivity contribution in [2.45, 2.75) is 51.7 Å². The quantitative estimate of drug-likeness (QED) is 0.356. The standard InChI is InChI=1S/C22H23NO7.C10H16O4S/c1-23-8-7-11-9-14-20(29-10-28-14)21(27-4)15(11)17(23)18-12-5-6-13(25-2)19(26-3)16(12)22(24)30-18;1-9(2)7-3-4-10(9,8(11)5-7)6-15(12,13)14/h5-6,9,17-18H,7-8,10H2,1-4H3;7H,3-6H2,1-2H3,(H,12,13,14)/t17-,18+;7-,10-/m11/s1. The molecule has 7 rings (SSSR count). The Hall–Kier alpha value is -3.55. The second-order valence-electron chi connectivity index (χ2n) is 12.9. The molecule has 12 nitrogen and oxygen atoms in total. The molecule has 2 saturated carbocycles. The Bertz CT molecular complexity index is 1670. The van der Waals surface area contributed by atoms with E-state index in [9.17, 15) is 18.0 Å². The highest BCUT2D eigenvalue weighted by Gasteiger charge is 2.65. The van der Waals surface area contributed by atoms with Gasteiger partial charge in [-0.2, -0.15) is 8.42 Å². The maximum absolute atomic E-state index is 12.9. The Kier molecular flexibility index (Phi) is 7.72. The van der Waals surface area contributed by atoms with E-state index in [1.54, 1.807) is 20.3 Å². The zero-order valence-corrected chi connectivity index (χ0v) is 27.1. The minimum absolute atomic E-state index is 0.0152. The largest absolute Gasteiger partial charge is 0.493 e. The molecule has 0 aromatic heterocycles. The highest BCUT2D eigenvalue weighted by Crippen LogP contribution is 2.64. The molecular formula is C32H39NO11S. The van der Waals surface area contributed by atoms with Crippen LogP contribution in [-0.2, 0) is 26.1 Å². The van der Waals surface area contributed by atoms with Gasteiger partial charge in [-0.1, -0.05) is 19.9 Å². The molecule has 2 fully saturated rings. The SMILES string of the molecule is CC1(C)[C@@H]2CC[C@@]1(CS(=O)(=O)O)C(=O)C2.COc1ccc2c(c1OC)C(=O)O[C@@H]2[C@H]1c2c(cc3c(c2OC)OCO3)CCN1C. The number of likely N-dealkylation sites (N-methyl/N-ethyl adjacent to an activating group) is 1. The number of cyclic esters (lactones) is 1. The van der Waals surface area contributed by atoms with Crippen molar-refractivity contribution in [2.75, 3.05) is 47.5 Å². The molecule has 2 aliphatic carbocycles. The van der Waals surface area contributed by atoms with Crippen molar-refractivity contribution in [2.24, 2.45) is 16.7 Å². The summed E-state index contributed by atoms with van der Waals surface area (Å²) < 4.78 is 64.8. The topological polar surface area (TPSA) is 147 Å².